The van der Waals surface area contributed by atoms with Gasteiger partial charge in [0.1, 0.15) is 18.6 Å². The number of likely N-dealkylation sites (tertiary alicyclic amines) is 2. The number of thiazole rings is 1. The van der Waals surface area contributed by atoms with Crippen LogP contribution in [0, 0.1) is 16.7 Å². The first kappa shape index (κ1) is 47.8. The molecular formula is C51H64F3N9O5S. The van der Waals surface area contributed by atoms with Crippen molar-refractivity contribution in [1.29, 1.82) is 0 Å². The number of hydrogen-bond donors (Lipinski definition) is 3. The number of hydrogen-bond acceptors (Lipinski definition) is 11. The molecule has 8 heterocycles. The van der Waals surface area contributed by atoms with E-state index in [9.17, 15) is 32.3 Å². The highest BCUT2D eigenvalue weighted by Gasteiger charge is 2.50. The Hall–Kier alpha value is -4.91. The summed E-state index contributed by atoms with van der Waals surface area (Å²) in [4.78, 5) is 70.8. The average Bonchev–Trinajstić information content (AvgIpc) is 3.76. The van der Waals surface area contributed by atoms with Crippen molar-refractivity contribution in [3.63, 3.8) is 0 Å². The Bertz CT molecular complexity index is 2620. The molecule has 5 aliphatic heterocycles. The average molecular weight is 972 g/mol. The molecule has 3 amide bonds. The molecule has 1 aromatic carbocycles. The number of alkyl halides is 3. The number of fused-ring (bicyclic) bond motifs is 6. The molecule has 3 N–H and O–H groups in total. The van der Waals surface area contributed by atoms with Crippen LogP contribution < -0.4 is 16.1 Å². The summed E-state index contributed by atoms with van der Waals surface area (Å²) in [5, 5.41) is 11.0. The highest BCUT2D eigenvalue weighted by Crippen LogP contribution is 2.45. The normalized spacial score (nSPS) is 26.2. The molecule has 6 bridgehead atoms. The largest absolute Gasteiger partial charge is 0.464 e. The van der Waals surface area contributed by atoms with Gasteiger partial charge in [-0.15, -0.1) is 11.3 Å². The lowest BCUT2D eigenvalue weighted by Crippen LogP contribution is -2.62. The van der Waals surface area contributed by atoms with E-state index < -0.39 is 42.2 Å². The van der Waals surface area contributed by atoms with Crippen molar-refractivity contribution in [2.75, 3.05) is 45.9 Å². The minimum Gasteiger partial charge on any atom is -0.464 e. The lowest BCUT2D eigenvalue weighted by atomic mass is 9.84. The van der Waals surface area contributed by atoms with Gasteiger partial charge in [0, 0.05) is 83.6 Å². The van der Waals surface area contributed by atoms with Gasteiger partial charge >= 0.3 is 12.1 Å². The first-order valence-electron chi connectivity index (χ1n) is 24.9. The van der Waals surface area contributed by atoms with Crippen molar-refractivity contribution in [1.82, 2.24) is 45.4 Å². The highest BCUT2D eigenvalue weighted by molar-refractivity contribution is 7.10. The molecule has 69 heavy (non-hydrogen) atoms. The Balaban J connectivity index is 1.01. The fraction of sp³-hybridized carbons (Fsp3) is 0.608. The maximum atomic E-state index is 15.0. The van der Waals surface area contributed by atoms with Crippen LogP contribution in [0.2, 0.25) is 0 Å². The van der Waals surface area contributed by atoms with E-state index in [1.807, 2.05) is 50.1 Å². The molecule has 10 rings (SSSR count). The number of pyridine rings is 1. The topological polar surface area (TPSA) is 164 Å². The van der Waals surface area contributed by atoms with Crippen molar-refractivity contribution >= 4 is 45.9 Å². The van der Waals surface area contributed by atoms with Crippen LogP contribution in [0.25, 0.3) is 33.4 Å². The molecule has 5 atom stereocenters. The molecule has 0 radical (unpaired) electrons. The minimum atomic E-state index is -4.54. The van der Waals surface area contributed by atoms with Crippen molar-refractivity contribution < 1.29 is 37.1 Å². The number of nitrogens with zero attached hydrogens (tertiary/aromatic N) is 6. The number of aromatic nitrogens is 3. The summed E-state index contributed by atoms with van der Waals surface area (Å²) in [5.74, 6) is -0.914. The highest BCUT2D eigenvalue weighted by atomic mass is 32.1. The van der Waals surface area contributed by atoms with E-state index in [4.69, 9.17) is 9.72 Å². The third-order valence-corrected chi connectivity index (χ3v) is 16.3. The number of nitrogens with one attached hydrogen (secondary N) is 3. The molecule has 370 valence electrons. The van der Waals surface area contributed by atoms with Gasteiger partial charge < -0.3 is 24.8 Å². The van der Waals surface area contributed by atoms with Crippen LogP contribution in [0.1, 0.15) is 101 Å². The number of benzene rings is 1. The molecular weight excluding hydrogens is 908 g/mol. The summed E-state index contributed by atoms with van der Waals surface area (Å²) < 4.78 is 51.4. The fourth-order valence-corrected chi connectivity index (χ4v) is 12.8. The smallest absolute Gasteiger partial charge is 0.406 e. The SMILES string of the molecule is CC(C)c1ncccc1-c1c2c3cc(ccc3n1CC(F)(F)F)-c1csc(n1)C[C@H](NC(=O)[C@H](C1CCCC1)N1CC[C@]3(CCN(C(=O)[C@H]4CN4)C3)C1)C(=O)N1CCC[C@H](N1)C(=O)OCC(C)(C)C2. The van der Waals surface area contributed by atoms with Gasteiger partial charge in [-0.05, 0) is 93.2 Å². The number of amides is 3. The van der Waals surface area contributed by atoms with Gasteiger partial charge in [-0.2, -0.15) is 13.2 Å². The van der Waals surface area contributed by atoms with Crippen LogP contribution in [0.5, 0.6) is 0 Å². The molecule has 14 nitrogen and oxygen atoms in total. The molecule has 18 heteroatoms. The zero-order chi connectivity index (χ0) is 48.4. The molecule has 6 aliphatic rings. The summed E-state index contributed by atoms with van der Waals surface area (Å²) in [6.45, 7) is 10.5. The summed E-state index contributed by atoms with van der Waals surface area (Å²) in [6, 6.07) is 6.61. The van der Waals surface area contributed by atoms with Crippen LogP contribution >= 0.6 is 11.3 Å². The van der Waals surface area contributed by atoms with Crippen LogP contribution in [0.15, 0.2) is 41.9 Å². The van der Waals surface area contributed by atoms with Gasteiger partial charge in [0.15, 0.2) is 0 Å². The molecule has 4 saturated heterocycles. The van der Waals surface area contributed by atoms with Crippen LogP contribution in [-0.2, 0) is 43.3 Å². The van der Waals surface area contributed by atoms with Crippen molar-refractivity contribution in [3.05, 3.63) is 58.2 Å². The summed E-state index contributed by atoms with van der Waals surface area (Å²) in [7, 11) is 0. The van der Waals surface area contributed by atoms with Gasteiger partial charge in [0.25, 0.3) is 5.91 Å². The lowest BCUT2D eigenvalue weighted by Gasteiger charge is -2.37. The van der Waals surface area contributed by atoms with E-state index in [0.29, 0.717) is 82.2 Å². The Kier molecular flexibility index (Phi) is 12.9. The fourth-order valence-electron chi connectivity index (χ4n) is 11.9. The second-order valence-electron chi connectivity index (χ2n) is 21.7. The zero-order valence-electron chi connectivity index (χ0n) is 40.0. The summed E-state index contributed by atoms with van der Waals surface area (Å²) in [5.41, 5.74) is 6.45. The summed E-state index contributed by atoms with van der Waals surface area (Å²) in [6.07, 6.45) is 4.11. The van der Waals surface area contributed by atoms with Crippen molar-refractivity contribution in [2.24, 2.45) is 16.7 Å². The van der Waals surface area contributed by atoms with Crippen LogP contribution in [-0.4, -0.2) is 129 Å². The number of hydrazine groups is 1. The van der Waals surface area contributed by atoms with Gasteiger partial charge in [-0.1, -0.05) is 46.6 Å². The van der Waals surface area contributed by atoms with E-state index in [1.165, 1.54) is 20.9 Å². The predicted molar refractivity (Wildman–Crippen MR) is 256 cm³/mol. The van der Waals surface area contributed by atoms with Crippen molar-refractivity contribution in [3.8, 4) is 22.5 Å². The molecule has 0 unspecified atom stereocenters. The zero-order valence-corrected chi connectivity index (χ0v) is 40.8. The third kappa shape index (κ3) is 9.92. The van der Waals surface area contributed by atoms with Gasteiger partial charge in [0.05, 0.1) is 40.8 Å². The first-order valence-corrected chi connectivity index (χ1v) is 25.8. The van der Waals surface area contributed by atoms with Gasteiger partial charge in [0.2, 0.25) is 11.8 Å². The molecule has 3 aromatic heterocycles. The number of cyclic esters (lactones) is 1. The van der Waals surface area contributed by atoms with Gasteiger partial charge in [-0.25, -0.2) is 10.4 Å². The Morgan fingerprint density at radius 2 is 1.81 bits per heavy atom. The van der Waals surface area contributed by atoms with E-state index >= 15 is 0 Å². The second kappa shape index (κ2) is 18.7. The molecule has 1 spiro atoms. The van der Waals surface area contributed by atoms with Gasteiger partial charge in [-0.3, -0.25) is 34.1 Å². The maximum absolute atomic E-state index is 15.0. The maximum Gasteiger partial charge on any atom is 0.406 e. The standard InChI is InChI=1S/C51H64F3N9O5S/c1-30(2)42-33(11-7-17-55-42)44-35-23-49(3,4)29-68-48(67)36-12-8-18-63(59-36)47(66)37(22-41-57-39(25-69-41)32-13-14-40(34(35)21-32)62(44)28-51(52,53)54)58-45(64)43(31-9-5-6-10-31)60-19-15-50(26-60)16-20-61(27-50)46(65)38-24-56-38/h7,11,13-14,17,21,25,30-31,36-38,43,56,59H,5-6,8-10,12,15-16,18-20,22-24,26-29H2,1-4H3,(H,58,64)/t36-,37-,38+,43-,50-/m0/s1. The Morgan fingerprint density at radius 3 is 2.57 bits per heavy atom. The van der Waals surface area contributed by atoms with Crippen LogP contribution in [0.4, 0.5) is 13.2 Å². The number of carbonyl (C=O) groups is 4. The van der Waals surface area contributed by atoms with E-state index in [0.717, 1.165) is 58.2 Å². The van der Waals surface area contributed by atoms with Crippen molar-refractivity contribution in [2.45, 2.75) is 135 Å². The molecule has 5 fully saturated rings. The number of esters is 1. The third-order valence-electron chi connectivity index (χ3n) is 15.4. The Labute approximate surface area is 405 Å². The first-order chi connectivity index (χ1) is 32.9. The van der Waals surface area contributed by atoms with E-state index in [2.05, 4.69) is 25.9 Å². The Morgan fingerprint density at radius 1 is 1.03 bits per heavy atom. The molecule has 1 aliphatic carbocycles. The number of carbonyl (C=O) groups excluding carboxylic acids is 4. The number of ether oxygens (including phenoxy) is 1. The minimum absolute atomic E-state index is 0.0341. The molecule has 4 aromatic rings. The van der Waals surface area contributed by atoms with Crippen LogP contribution in [0.3, 0.4) is 0 Å². The van der Waals surface area contributed by atoms with E-state index in [1.54, 1.807) is 24.4 Å². The monoisotopic (exact) mass is 971 g/mol. The second-order valence-corrected chi connectivity index (χ2v) is 22.6. The number of rotatable bonds is 8. The lowest BCUT2D eigenvalue weighted by molar-refractivity contribution is -0.155. The number of halogens is 3. The quantitative estimate of drug-likeness (QED) is 0.129. The predicted octanol–water partition coefficient (Wildman–Crippen LogP) is 6.62. The van der Waals surface area contributed by atoms with E-state index in [-0.39, 0.29) is 60.5 Å². The molecule has 1 saturated carbocycles. The summed E-state index contributed by atoms with van der Waals surface area (Å²) >= 11 is 1.36.